The molecule has 0 spiro atoms. The van der Waals surface area contributed by atoms with Gasteiger partial charge in [-0.05, 0) is 31.4 Å². The average molecular weight is 284 g/mol. The molecule has 0 bridgehead atoms. The molecule has 3 N–H and O–H groups in total. The Morgan fingerprint density at radius 1 is 1.26 bits per heavy atom. The molecule has 0 unspecified atom stereocenters. The van der Waals surface area contributed by atoms with Crippen LogP contribution in [-0.2, 0) is 14.8 Å². The first-order valence-electron chi connectivity index (χ1n) is 6.10. The van der Waals surface area contributed by atoms with E-state index in [2.05, 4.69) is 4.72 Å². The number of aryl methyl sites for hydroxylation is 1. The molecule has 1 rings (SSSR count). The summed E-state index contributed by atoms with van der Waals surface area (Å²) in [6, 6.07) is 5.54. The fourth-order valence-electron chi connectivity index (χ4n) is 1.67. The molecule has 0 aliphatic rings. The Bertz CT molecular complexity index is 536. The van der Waals surface area contributed by atoms with Gasteiger partial charge in [-0.2, -0.15) is 4.72 Å². The number of carbonyl (C=O) groups is 1. The molecule has 5 nitrogen and oxygen atoms in total. The number of hydrogen-bond acceptors (Lipinski definition) is 3. The third-order valence-electron chi connectivity index (χ3n) is 2.68. The van der Waals surface area contributed by atoms with Gasteiger partial charge in [-0.3, -0.25) is 4.79 Å². The van der Waals surface area contributed by atoms with Gasteiger partial charge in [-0.1, -0.05) is 31.5 Å². The van der Waals surface area contributed by atoms with Crippen LogP contribution in [-0.4, -0.2) is 20.4 Å². The molecule has 0 saturated heterocycles. The number of hydrogen-bond donors (Lipinski definition) is 2. The summed E-state index contributed by atoms with van der Waals surface area (Å²) in [5.74, 6) is -0.498. The van der Waals surface area contributed by atoms with Crippen LogP contribution < -0.4 is 10.5 Å². The van der Waals surface area contributed by atoms with Crippen LogP contribution in [0.5, 0.6) is 0 Å². The molecule has 0 aliphatic carbocycles. The molecule has 0 fully saturated rings. The average Bonchev–Trinajstić information content (AvgIpc) is 2.27. The third-order valence-corrected chi connectivity index (χ3v) is 4.17. The summed E-state index contributed by atoms with van der Waals surface area (Å²) in [6.07, 6.45) is 0.375. The van der Waals surface area contributed by atoms with Crippen molar-refractivity contribution >= 4 is 15.9 Å². The maximum Gasteiger partial charge on any atom is 0.241 e. The summed E-state index contributed by atoms with van der Waals surface area (Å²) >= 11 is 0. The van der Waals surface area contributed by atoms with E-state index in [1.165, 1.54) is 12.1 Å². The van der Waals surface area contributed by atoms with E-state index in [9.17, 15) is 13.2 Å². The smallest absolute Gasteiger partial charge is 0.241 e. The van der Waals surface area contributed by atoms with E-state index < -0.39 is 22.0 Å². The predicted molar refractivity (Wildman–Crippen MR) is 73.9 cm³/mol. The van der Waals surface area contributed by atoms with E-state index in [4.69, 9.17) is 5.73 Å². The van der Waals surface area contributed by atoms with Crippen molar-refractivity contribution in [3.05, 3.63) is 29.8 Å². The van der Waals surface area contributed by atoms with E-state index in [0.29, 0.717) is 6.42 Å². The minimum absolute atomic E-state index is 0.133. The van der Waals surface area contributed by atoms with Gasteiger partial charge in [0.2, 0.25) is 15.9 Å². The highest BCUT2D eigenvalue weighted by Crippen LogP contribution is 2.13. The first kappa shape index (κ1) is 15.7. The van der Waals surface area contributed by atoms with E-state index in [1.54, 1.807) is 12.1 Å². The van der Waals surface area contributed by atoms with Crippen LogP contribution in [0.15, 0.2) is 29.2 Å². The van der Waals surface area contributed by atoms with Gasteiger partial charge in [-0.15, -0.1) is 0 Å². The number of carbonyl (C=O) groups excluding carboxylic acids is 1. The van der Waals surface area contributed by atoms with Crippen LogP contribution in [0.2, 0.25) is 0 Å². The fourth-order valence-corrected chi connectivity index (χ4v) is 2.88. The van der Waals surface area contributed by atoms with Gasteiger partial charge >= 0.3 is 0 Å². The van der Waals surface area contributed by atoms with Crippen molar-refractivity contribution in [3.63, 3.8) is 0 Å². The molecule has 106 valence electrons. The standard InChI is InChI=1S/C13H20N2O3S/c1-9(2)8-12(13(14)16)15-19(17,18)11-6-4-10(3)5-7-11/h4-7,9,12,15H,8H2,1-3H3,(H2,14,16)/t12-/m0/s1. The van der Waals surface area contributed by atoms with Crippen molar-refractivity contribution in [1.29, 1.82) is 0 Å². The Morgan fingerprint density at radius 3 is 2.21 bits per heavy atom. The Balaban J connectivity index is 2.94. The summed E-state index contributed by atoms with van der Waals surface area (Å²) in [6.45, 7) is 5.67. The number of primary amides is 1. The predicted octanol–water partition coefficient (Wildman–Crippen LogP) is 1.17. The lowest BCUT2D eigenvalue weighted by Gasteiger charge is -2.17. The first-order valence-corrected chi connectivity index (χ1v) is 7.59. The van der Waals surface area contributed by atoms with Gasteiger partial charge in [0.1, 0.15) is 6.04 Å². The van der Waals surface area contributed by atoms with Crippen molar-refractivity contribution in [2.45, 2.75) is 38.1 Å². The second-order valence-electron chi connectivity index (χ2n) is 5.02. The summed E-state index contributed by atoms with van der Waals surface area (Å²) in [7, 11) is -3.72. The number of amides is 1. The van der Waals surface area contributed by atoms with Crippen molar-refractivity contribution in [2.75, 3.05) is 0 Å². The maximum atomic E-state index is 12.1. The number of sulfonamides is 1. The zero-order valence-corrected chi connectivity index (χ0v) is 12.2. The second kappa shape index (κ2) is 6.16. The topological polar surface area (TPSA) is 89.3 Å². The molecule has 1 aromatic carbocycles. The molecule has 19 heavy (non-hydrogen) atoms. The van der Waals surface area contributed by atoms with Crippen LogP contribution in [0.3, 0.4) is 0 Å². The van der Waals surface area contributed by atoms with E-state index in [-0.39, 0.29) is 10.8 Å². The summed E-state index contributed by atoms with van der Waals surface area (Å²) in [5, 5.41) is 0. The zero-order chi connectivity index (χ0) is 14.6. The Labute approximate surface area is 114 Å². The minimum Gasteiger partial charge on any atom is -0.368 e. The second-order valence-corrected chi connectivity index (χ2v) is 6.73. The zero-order valence-electron chi connectivity index (χ0n) is 11.4. The van der Waals surface area contributed by atoms with Gasteiger partial charge < -0.3 is 5.73 Å². The van der Waals surface area contributed by atoms with Gasteiger partial charge in [0, 0.05) is 0 Å². The SMILES string of the molecule is Cc1ccc(S(=O)(=O)N[C@@H](CC(C)C)C(N)=O)cc1. The Morgan fingerprint density at radius 2 is 1.79 bits per heavy atom. The van der Waals surface area contributed by atoms with E-state index in [1.807, 2.05) is 20.8 Å². The van der Waals surface area contributed by atoms with Gasteiger partial charge in [0.25, 0.3) is 0 Å². The van der Waals surface area contributed by atoms with Crippen LogP contribution in [0.25, 0.3) is 0 Å². The fraction of sp³-hybridized carbons (Fsp3) is 0.462. The van der Waals surface area contributed by atoms with Crippen molar-refractivity contribution in [3.8, 4) is 0 Å². The largest absolute Gasteiger partial charge is 0.368 e. The van der Waals surface area contributed by atoms with Crippen molar-refractivity contribution in [2.24, 2.45) is 11.7 Å². The molecule has 0 aromatic heterocycles. The summed E-state index contributed by atoms with van der Waals surface area (Å²) in [4.78, 5) is 11.4. The summed E-state index contributed by atoms with van der Waals surface area (Å²) in [5.41, 5.74) is 6.19. The monoisotopic (exact) mass is 284 g/mol. The normalized spacial score (nSPS) is 13.5. The van der Waals surface area contributed by atoms with Crippen LogP contribution in [0.4, 0.5) is 0 Å². The van der Waals surface area contributed by atoms with Crippen LogP contribution in [0.1, 0.15) is 25.8 Å². The lowest BCUT2D eigenvalue weighted by atomic mass is 10.0. The number of nitrogens with two attached hydrogens (primary N) is 1. The van der Waals surface area contributed by atoms with Gasteiger partial charge in [-0.25, -0.2) is 8.42 Å². The van der Waals surface area contributed by atoms with E-state index >= 15 is 0 Å². The lowest BCUT2D eigenvalue weighted by Crippen LogP contribution is -2.45. The molecular weight excluding hydrogens is 264 g/mol. The Kier molecular flexibility index (Phi) is 5.08. The molecule has 1 atom stereocenters. The van der Waals surface area contributed by atoms with Crippen LogP contribution >= 0.6 is 0 Å². The van der Waals surface area contributed by atoms with Gasteiger partial charge in [0.15, 0.2) is 0 Å². The first-order chi connectivity index (χ1) is 8.72. The molecule has 1 amide bonds. The number of rotatable bonds is 6. The van der Waals surface area contributed by atoms with Crippen molar-refractivity contribution < 1.29 is 13.2 Å². The molecular formula is C13H20N2O3S. The molecule has 0 aliphatic heterocycles. The molecule has 0 saturated carbocycles. The molecule has 0 heterocycles. The highest BCUT2D eigenvalue weighted by atomic mass is 32.2. The molecule has 0 radical (unpaired) electrons. The highest BCUT2D eigenvalue weighted by Gasteiger charge is 2.24. The lowest BCUT2D eigenvalue weighted by molar-refractivity contribution is -0.119. The molecule has 6 heteroatoms. The number of benzene rings is 1. The molecule has 1 aromatic rings. The highest BCUT2D eigenvalue weighted by molar-refractivity contribution is 7.89. The van der Waals surface area contributed by atoms with Crippen LogP contribution in [0, 0.1) is 12.8 Å². The summed E-state index contributed by atoms with van der Waals surface area (Å²) < 4.78 is 26.6. The quantitative estimate of drug-likeness (QED) is 0.821. The Hall–Kier alpha value is -1.40. The van der Waals surface area contributed by atoms with Crippen molar-refractivity contribution in [1.82, 2.24) is 4.72 Å². The van der Waals surface area contributed by atoms with E-state index in [0.717, 1.165) is 5.56 Å². The number of nitrogens with one attached hydrogen (secondary N) is 1. The maximum absolute atomic E-state index is 12.1. The minimum atomic E-state index is -3.72. The third kappa shape index (κ3) is 4.65. The van der Waals surface area contributed by atoms with Gasteiger partial charge in [0.05, 0.1) is 4.90 Å².